The average molecular weight is 263 g/mol. The Hall–Kier alpha value is -0.560. The second kappa shape index (κ2) is 6.74. The van der Waals surface area contributed by atoms with Gasteiger partial charge in [-0.25, -0.2) is 0 Å². The predicted molar refractivity (Wildman–Crippen MR) is 86.3 cm³/mol. The Morgan fingerprint density at radius 3 is 1.11 bits per heavy atom. The third-order valence-electron chi connectivity index (χ3n) is 4.16. The fourth-order valence-corrected chi connectivity index (χ4v) is 3.26. The fraction of sp³-hybridized carbons (Fsp3) is 0.778. The molecule has 0 atom stereocenters. The minimum absolute atomic E-state index is 0.614. The Morgan fingerprint density at radius 1 is 0.579 bits per heavy atom. The molecular formula is C18H33N. The third kappa shape index (κ3) is 3.72. The van der Waals surface area contributed by atoms with Crippen LogP contribution < -0.4 is 5.32 Å². The summed E-state index contributed by atoms with van der Waals surface area (Å²) in [4.78, 5) is 0. The van der Waals surface area contributed by atoms with E-state index in [0.717, 1.165) is 13.1 Å². The van der Waals surface area contributed by atoms with Crippen molar-refractivity contribution in [2.45, 2.75) is 55.4 Å². The minimum Gasteiger partial charge on any atom is -0.309 e. The van der Waals surface area contributed by atoms with Crippen LogP contribution in [0.2, 0.25) is 0 Å². The topological polar surface area (TPSA) is 12.0 Å². The van der Waals surface area contributed by atoms with Gasteiger partial charge < -0.3 is 5.32 Å². The van der Waals surface area contributed by atoms with Crippen molar-refractivity contribution in [3.05, 3.63) is 22.3 Å². The molecule has 0 aromatic carbocycles. The van der Waals surface area contributed by atoms with Crippen LogP contribution in [-0.4, -0.2) is 13.1 Å². The van der Waals surface area contributed by atoms with Crippen molar-refractivity contribution >= 4 is 0 Å². The largest absolute Gasteiger partial charge is 0.309 e. The van der Waals surface area contributed by atoms with E-state index in [1.165, 1.54) is 0 Å². The summed E-state index contributed by atoms with van der Waals surface area (Å²) < 4.78 is 0. The van der Waals surface area contributed by atoms with Gasteiger partial charge in [-0.05, 0) is 34.8 Å². The molecule has 0 spiro atoms. The van der Waals surface area contributed by atoms with E-state index in [1.54, 1.807) is 22.3 Å². The molecule has 1 N–H and O–H groups in total. The summed E-state index contributed by atoms with van der Waals surface area (Å²) in [6.07, 6.45) is 0. The average Bonchev–Trinajstić information content (AvgIpc) is 2.47. The summed E-state index contributed by atoms with van der Waals surface area (Å²) in [7, 11) is 0. The van der Waals surface area contributed by atoms with Crippen LogP contribution in [0, 0.1) is 23.7 Å². The van der Waals surface area contributed by atoms with Gasteiger partial charge in [-0.1, -0.05) is 66.5 Å². The Morgan fingerprint density at radius 2 is 0.895 bits per heavy atom. The molecule has 0 saturated heterocycles. The molecule has 1 nitrogen and oxygen atoms in total. The molecule has 0 unspecified atom stereocenters. The number of rotatable bonds is 4. The lowest BCUT2D eigenvalue weighted by Gasteiger charge is -2.27. The van der Waals surface area contributed by atoms with E-state index in [4.69, 9.17) is 0 Å². The number of hydrogen-bond acceptors (Lipinski definition) is 1. The summed E-state index contributed by atoms with van der Waals surface area (Å²) in [5, 5.41) is 3.66. The van der Waals surface area contributed by atoms with E-state index in [2.05, 4.69) is 60.7 Å². The molecule has 0 radical (unpaired) electrons. The first kappa shape index (κ1) is 16.5. The summed E-state index contributed by atoms with van der Waals surface area (Å²) in [5.74, 6) is 2.49. The molecule has 1 heteroatoms. The van der Waals surface area contributed by atoms with Crippen molar-refractivity contribution in [2.75, 3.05) is 13.1 Å². The number of hydrogen-bond donors (Lipinski definition) is 1. The van der Waals surface area contributed by atoms with Gasteiger partial charge >= 0.3 is 0 Å². The predicted octanol–water partition coefficient (Wildman–Crippen LogP) is 4.81. The van der Waals surface area contributed by atoms with Crippen LogP contribution in [-0.2, 0) is 0 Å². The zero-order valence-corrected chi connectivity index (χ0v) is 14.2. The van der Waals surface area contributed by atoms with Gasteiger partial charge in [-0.15, -0.1) is 0 Å². The smallest absolute Gasteiger partial charge is 0.0176 e. The van der Waals surface area contributed by atoms with E-state index in [0.29, 0.717) is 23.7 Å². The van der Waals surface area contributed by atoms with Crippen LogP contribution in [0.15, 0.2) is 22.3 Å². The van der Waals surface area contributed by atoms with Crippen LogP contribution in [0.3, 0.4) is 0 Å². The first-order valence-electron chi connectivity index (χ1n) is 7.94. The molecule has 1 aliphatic rings. The van der Waals surface area contributed by atoms with Crippen LogP contribution in [0.1, 0.15) is 55.4 Å². The highest BCUT2D eigenvalue weighted by molar-refractivity contribution is 5.45. The number of nitrogens with one attached hydrogen (secondary N) is 1. The molecule has 0 aliphatic carbocycles. The van der Waals surface area contributed by atoms with E-state index >= 15 is 0 Å². The summed E-state index contributed by atoms with van der Waals surface area (Å²) >= 11 is 0. The SMILES string of the molecule is CC(C)C1=C(C(C)C)C(C(C)C)=C(C(C)C)CNC1. The maximum atomic E-state index is 3.66. The van der Waals surface area contributed by atoms with Gasteiger partial charge in [0.1, 0.15) is 0 Å². The first-order valence-corrected chi connectivity index (χ1v) is 7.94. The molecule has 1 aliphatic heterocycles. The van der Waals surface area contributed by atoms with Crippen molar-refractivity contribution < 1.29 is 0 Å². The summed E-state index contributed by atoms with van der Waals surface area (Å²) in [6, 6.07) is 0. The van der Waals surface area contributed by atoms with Crippen molar-refractivity contribution in [1.29, 1.82) is 0 Å². The highest BCUT2D eigenvalue weighted by Gasteiger charge is 2.25. The molecule has 19 heavy (non-hydrogen) atoms. The van der Waals surface area contributed by atoms with E-state index in [-0.39, 0.29) is 0 Å². The molecule has 0 aromatic heterocycles. The maximum Gasteiger partial charge on any atom is 0.0176 e. The zero-order chi connectivity index (χ0) is 14.7. The zero-order valence-electron chi connectivity index (χ0n) is 14.2. The highest BCUT2D eigenvalue weighted by Crippen LogP contribution is 2.37. The van der Waals surface area contributed by atoms with Crippen LogP contribution in [0.25, 0.3) is 0 Å². The van der Waals surface area contributed by atoms with Gasteiger partial charge in [0.05, 0.1) is 0 Å². The van der Waals surface area contributed by atoms with Crippen molar-refractivity contribution in [1.82, 2.24) is 5.32 Å². The third-order valence-corrected chi connectivity index (χ3v) is 4.16. The highest BCUT2D eigenvalue weighted by atomic mass is 14.9. The lowest BCUT2D eigenvalue weighted by Crippen LogP contribution is -2.22. The summed E-state index contributed by atoms with van der Waals surface area (Å²) in [6.45, 7) is 20.8. The van der Waals surface area contributed by atoms with Crippen LogP contribution in [0.5, 0.6) is 0 Å². The van der Waals surface area contributed by atoms with Crippen molar-refractivity contribution in [3.8, 4) is 0 Å². The van der Waals surface area contributed by atoms with E-state index in [9.17, 15) is 0 Å². The van der Waals surface area contributed by atoms with Crippen LogP contribution >= 0.6 is 0 Å². The summed E-state index contributed by atoms with van der Waals surface area (Å²) in [5.41, 5.74) is 6.51. The molecule has 0 amide bonds. The van der Waals surface area contributed by atoms with Crippen molar-refractivity contribution in [2.24, 2.45) is 23.7 Å². The molecule has 0 bridgehead atoms. The standard InChI is InChI=1S/C18H33N/c1-11(2)15-9-19-10-16(12(3)4)18(14(7)8)17(15)13(5)6/h11-14,19H,9-10H2,1-8H3. The van der Waals surface area contributed by atoms with Crippen molar-refractivity contribution in [3.63, 3.8) is 0 Å². The van der Waals surface area contributed by atoms with Crippen LogP contribution in [0.4, 0.5) is 0 Å². The van der Waals surface area contributed by atoms with Gasteiger partial charge in [0.25, 0.3) is 0 Å². The normalized spacial score (nSPS) is 18.3. The Labute approximate surface area is 120 Å². The molecule has 110 valence electrons. The number of allylic oxidation sites excluding steroid dienone is 2. The Bertz CT molecular complexity index is 331. The Balaban J connectivity index is 3.52. The van der Waals surface area contributed by atoms with Gasteiger partial charge in [-0.2, -0.15) is 0 Å². The monoisotopic (exact) mass is 263 g/mol. The quantitative estimate of drug-likeness (QED) is 0.767. The second-order valence-corrected chi connectivity index (χ2v) is 7.10. The molecule has 1 rings (SSSR count). The van der Waals surface area contributed by atoms with Gasteiger partial charge in [0.2, 0.25) is 0 Å². The van der Waals surface area contributed by atoms with E-state index in [1.807, 2.05) is 0 Å². The van der Waals surface area contributed by atoms with Gasteiger partial charge in [-0.3, -0.25) is 0 Å². The minimum atomic E-state index is 0.614. The molecule has 0 fully saturated rings. The second-order valence-electron chi connectivity index (χ2n) is 7.10. The van der Waals surface area contributed by atoms with Gasteiger partial charge in [0, 0.05) is 13.1 Å². The van der Waals surface area contributed by atoms with E-state index < -0.39 is 0 Å². The molecule has 1 heterocycles. The lowest BCUT2D eigenvalue weighted by molar-refractivity contribution is 0.639. The fourth-order valence-electron chi connectivity index (χ4n) is 3.26. The molecule has 0 aromatic rings. The molecular weight excluding hydrogens is 230 g/mol. The first-order chi connectivity index (χ1) is 8.77. The lowest BCUT2D eigenvalue weighted by atomic mass is 9.78. The Kier molecular flexibility index (Phi) is 5.85. The van der Waals surface area contributed by atoms with Gasteiger partial charge in [0.15, 0.2) is 0 Å². The molecule has 0 saturated carbocycles. The maximum absolute atomic E-state index is 3.66.